The first-order chi connectivity index (χ1) is 6.05. The molecule has 0 radical (unpaired) electrons. The summed E-state index contributed by atoms with van der Waals surface area (Å²) in [5, 5.41) is 3.52. The van der Waals surface area contributed by atoms with Crippen LogP contribution in [0.25, 0.3) is 0 Å². The van der Waals surface area contributed by atoms with Crippen LogP contribution < -0.4 is 5.32 Å². The van der Waals surface area contributed by atoms with Gasteiger partial charge in [-0.2, -0.15) is 0 Å². The van der Waals surface area contributed by atoms with Gasteiger partial charge in [-0.25, -0.2) is 4.98 Å². The highest BCUT2D eigenvalue weighted by atomic mass is 32.1. The van der Waals surface area contributed by atoms with Crippen LogP contribution in [-0.4, -0.2) is 10.5 Å². The minimum absolute atomic E-state index is 0.233. The molecule has 1 aromatic rings. The third kappa shape index (κ3) is 3.08. The molecular formula is C10H18N2S. The molecule has 0 aromatic carbocycles. The van der Waals surface area contributed by atoms with Gasteiger partial charge in [0.15, 0.2) is 0 Å². The molecule has 0 bridgehead atoms. The third-order valence-electron chi connectivity index (χ3n) is 2.46. The Bertz CT molecular complexity index is 266. The molecule has 0 atom stereocenters. The van der Waals surface area contributed by atoms with Crippen LogP contribution in [0, 0.1) is 6.92 Å². The van der Waals surface area contributed by atoms with Gasteiger partial charge in [0.05, 0.1) is 11.2 Å². The molecule has 1 aromatic heterocycles. The number of nitrogens with one attached hydrogen (secondary N) is 1. The molecule has 2 nitrogen and oxygen atoms in total. The second-order valence-electron chi connectivity index (χ2n) is 3.95. The molecule has 0 saturated heterocycles. The first-order valence-corrected chi connectivity index (χ1v) is 5.57. The largest absolute Gasteiger partial charge is 0.307 e. The van der Waals surface area contributed by atoms with Crippen LogP contribution in [0.15, 0.2) is 5.51 Å². The zero-order chi connectivity index (χ0) is 9.90. The number of hydrogen-bond donors (Lipinski definition) is 1. The molecule has 1 rings (SSSR count). The summed E-state index contributed by atoms with van der Waals surface area (Å²) in [6, 6.07) is 0. The Balaban J connectivity index is 2.48. The first-order valence-electron chi connectivity index (χ1n) is 4.69. The Hall–Kier alpha value is -0.410. The van der Waals surface area contributed by atoms with Gasteiger partial charge in [0.1, 0.15) is 0 Å². The van der Waals surface area contributed by atoms with E-state index in [2.05, 4.69) is 38.0 Å². The van der Waals surface area contributed by atoms with Crippen LogP contribution >= 0.6 is 11.3 Å². The normalized spacial score (nSPS) is 12.0. The molecular weight excluding hydrogens is 180 g/mol. The summed E-state index contributed by atoms with van der Waals surface area (Å²) in [5.74, 6) is 0. The zero-order valence-electron chi connectivity index (χ0n) is 8.85. The lowest BCUT2D eigenvalue weighted by Crippen LogP contribution is -2.37. The molecule has 0 unspecified atom stereocenters. The van der Waals surface area contributed by atoms with Crippen LogP contribution in [-0.2, 0) is 6.54 Å². The van der Waals surface area contributed by atoms with Gasteiger partial charge < -0.3 is 5.32 Å². The van der Waals surface area contributed by atoms with E-state index in [1.807, 2.05) is 5.51 Å². The molecule has 0 amide bonds. The molecule has 1 N–H and O–H groups in total. The van der Waals surface area contributed by atoms with E-state index in [9.17, 15) is 0 Å². The number of thiazole rings is 1. The van der Waals surface area contributed by atoms with Crippen LogP contribution in [0.3, 0.4) is 0 Å². The molecule has 3 heteroatoms. The van der Waals surface area contributed by atoms with Crippen LogP contribution in [0.4, 0.5) is 0 Å². The van der Waals surface area contributed by atoms with Crippen molar-refractivity contribution in [2.75, 3.05) is 0 Å². The zero-order valence-corrected chi connectivity index (χ0v) is 9.66. The van der Waals surface area contributed by atoms with Crippen LogP contribution in [0.1, 0.15) is 37.8 Å². The first kappa shape index (κ1) is 10.7. The minimum atomic E-state index is 0.233. The van der Waals surface area contributed by atoms with E-state index in [0.717, 1.165) is 18.7 Å². The Morgan fingerprint density at radius 2 is 2.23 bits per heavy atom. The van der Waals surface area contributed by atoms with Crippen LogP contribution in [0.2, 0.25) is 0 Å². The fourth-order valence-corrected chi connectivity index (χ4v) is 1.66. The van der Waals surface area contributed by atoms with E-state index < -0.39 is 0 Å². The number of rotatable bonds is 4. The van der Waals surface area contributed by atoms with E-state index in [4.69, 9.17) is 0 Å². The predicted molar refractivity (Wildman–Crippen MR) is 58.1 cm³/mol. The van der Waals surface area contributed by atoms with E-state index in [1.165, 1.54) is 4.88 Å². The molecule has 0 aliphatic rings. The maximum absolute atomic E-state index is 4.22. The monoisotopic (exact) mass is 198 g/mol. The number of hydrogen-bond acceptors (Lipinski definition) is 3. The van der Waals surface area contributed by atoms with E-state index in [-0.39, 0.29) is 5.54 Å². The molecule has 74 valence electrons. The van der Waals surface area contributed by atoms with Gasteiger partial charge >= 0.3 is 0 Å². The Morgan fingerprint density at radius 3 is 2.69 bits per heavy atom. The van der Waals surface area contributed by atoms with Crippen molar-refractivity contribution in [2.24, 2.45) is 0 Å². The maximum Gasteiger partial charge on any atom is 0.0798 e. The molecule has 0 aliphatic heterocycles. The van der Waals surface area contributed by atoms with E-state index in [1.54, 1.807) is 11.3 Å². The van der Waals surface area contributed by atoms with Gasteiger partial charge in [0, 0.05) is 17.0 Å². The average molecular weight is 198 g/mol. The highest BCUT2D eigenvalue weighted by molar-refractivity contribution is 7.09. The van der Waals surface area contributed by atoms with Gasteiger partial charge in [0.25, 0.3) is 0 Å². The van der Waals surface area contributed by atoms with Crippen molar-refractivity contribution < 1.29 is 0 Å². The highest BCUT2D eigenvalue weighted by Gasteiger charge is 2.14. The number of aryl methyl sites for hydroxylation is 1. The summed E-state index contributed by atoms with van der Waals surface area (Å²) in [4.78, 5) is 5.57. The minimum Gasteiger partial charge on any atom is -0.307 e. The smallest absolute Gasteiger partial charge is 0.0798 e. The van der Waals surface area contributed by atoms with Crippen LogP contribution in [0.5, 0.6) is 0 Å². The van der Waals surface area contributed by atoms with Gasteiger partial charge in [0.2, 0.25) is 0 Å². The van der Waals surface area contributed by atoms with E-state index >= 15 is 0 Å². The topological polar surface area (TPSA) is 24.9 Å². The van der Waals surface area contributed by atoms with Crippen molar-refractivity contribution in [3.8, 4) is 0 Å². The second-order valence-corrected chi connectivity index (χ2v) is 4.89. The van der Waals surface area contributed by atoms with Crippen molar-refractivity contribution in [1.29, 1.82) is 0 Å². The lowest BCUT2D eigenvalue weighted by atomic mass is 10.0. The summed E-state index contributed by atoms with van der Waals surface area (Å²) in [7, 11) is 0. The summed E-state index contributed by atoms with van der Waals surface area (Å²) in [5.41, 5.74) is 3.30. The third-order valence-corrected chi connectivity index (χ3v) is 3.39. The quantitative estimate of drug-likeness (QED) is 0.804. The summed E-state index contributed by atoms with van der Waals surface area (Å²) < 4.78 is 0. The molecule has 13 heavy (non-hydrogen) atoms. The van der Waals surface area contributed by atoms with Gasteiger partial charge in [-0.1, -0.05) is 6.92 Å². The maximum atomic E-state index is 4.22. The second kappa shape index (κ2) is 4.20. The summed E-state index contributed by atoms with van der Waals surface area (Å²) in [6.07, 6.45) is 1.14. The SMILES string of the molecule is CCC(C)(C)NCc1scnc1C. The molecule has 0 saturated carbocycles. The molecule has 1 heterocycles. The van der Waals surface area contributed by atoms with Crippen molar-refractivity contribution in [1.82, 2.24) is 10.3 Å². The Kier molecular flexibility index (Phi) is 3.45. The van der Waals surface area contributed by atoms with E-state index in [0.29, 0.717) is 0 Å². The predicted octanol–water partition coefficient (Wildman–Crippen LogP) is 2.73. The fraction of sp³-hybridized carbons (Fsp3) is 0.700. The number of nitrogens with zero attached hydrogens (tertiary/aromatic N) is 1. The fourth-order valence-electron chi connectivity index (χ4n) is 0.940. The lowest BCUT2D eigenvalue weighted by molar-refractivity contribution is 0.375. The lowest BCUT2D eigenvalue weighted by Gasteiger charge is -2.24. The van der Waals surface area contributed by atoms with Crippen molar-refractivity contribution >= 4 is 11.3 Å². The summed E-state index contributed by atoms with van der Waals surface area (Å²) in [6.45, 7) is 9.66. The van der Waals surface area contributed by atoms with Gasteiger partial charge in [-0.15, -0.1) is 11.3 Å². The Labute approximate surface area is 84.4 Å². The van der Waals surface area contributed by atoms with Crippen molar-refractivity contribution in [2.45, 2.75) is 46.2 Å². The highest BCUT2D eigenvalue weighted by Crippen LogP contribution is 2.14. The molecule has 0 fully saturated rings. The average Bonchev–Trinajstić information content (AvgIpc) is 2.48. The van der Waals surface area contributed by atoms with Gasteiger partial charge in [-0.05, 0) is 27.2 Å². The number of aromatic nitrogens is 1. The molecule has 0 aliphatic carbocycles. The summed E-state index contributed by atoms with van der Waals surface area (Å²) >= 11 is 1.73. The Morgan fingerprint density at radius 1 is 1.54 bits per heavy atom. The van der Waals surface area contributed by atoms with Crippen molar-refractivity contribution in [3.05, 3.63) is 16.1 Å². The molecule has 0 spiro atoms. The van der Waals surface area contributed by atoms with Crippen molar-refractivity contribution in [3.63, 3.8) is 0 Å². The van der Waals surface area contributed by atoms with Gasteiger partial charge in [-0.3, -0.25) is 0 Å². The standard InChI is InChI=1S/C10H18N2S/c1-5-10(3,4)12-6-9-8(2)11-7-13-9/h7,12H,5-6H2,1-4H3.